The van der Waals surface area contributed by atoms with Gasteiger partial charge in [0.05, 0.1) is 12.5 Å². The van der Waals surface area contributed by atoms with Crippen LogP contribution in [-0.2, 0) is 14.4 Å². The topological polar surface area (TPSA) is 156 Å². The molecule has 0 aliphatic rings. The second-order valence-corrected chi connectivity index (χ2v) is 3.34. The molecule has 0 saturated heterocycles. The van der Waals surface area contributed by atoms with Crippen molar-refractivity contribution < 1.29 is 24.6 Å². The quantitative estimate of drug-likeness (QED) is 0.332. The smallest absolute Gasteiger partial charge is 0.326 e. The highest BCUT2D eigenvalue weighted by Gasteiger charge is 2.26. The highest BCUT2D eigenvalue weighted by molar-refractivity contribution is 5.90. The predicted molar refractivity (Wildman–Crippen MR) is 53.0 cm³/mol. The number of hydrogen-bond donors (Lipinski definition) is 5. The molecule has 3 unspecified atom stereocenters. The second-order valence-electron chi connectivity index (χ2n) is 3.34. The van der Waals surface area contributed by atoms with E-state index < -0.39 is 42.4 Å². The third-order valence-electron chi connectivity index (χ3n) is 1.84. The van der Waals surface area contributed by atoms with Crippen LogP contribution in [0.2, 0.25) is 0 Å². The van der Waals surface area contributed by atoms with Gasteiger partial charge in [-0.25, -0.2) is 4.79 Å². The number of carboxylic acids is 1. The molecule has 0 heterocycles. The maximum Gasteiger partial charge on any atom is 0.326 e. The number of carbonyl (C=O) groups excluding carboxylic acids is 2. The molecule has 0 aromatic rings. The van der Waals surface area contributed by atoms with E-state index in [1.807, 2.05) is 5.32 Å². The third-order valence-corrected chi connectivity index (χ3v) is 1.84. The first kappa shape index (κ1) is 14.3. The largest absolute Gasteiger partial charge is 0.480 e. The van der Waals surface area contributed by atoms with Crippen LogP contribution in [0.15, 0.2) is 0 Å². The number of carbonyl (C=O) groups is 3. The van der Waals surface area contributed by atoms with Gasteiger partial charge >= 0.3 is 5.97 Å². The lowest BCUT2D eigenvalue weighted by molar-refractivity contribution is -0.143. The van der Waals surface area contributed by atoms with Crippen LogP contribution in [0.3, 0.4) is 0 Å². The molecule has 0 fully saturated rings. The van der Waals surface area contributed by atoms with Gasteiger partial charge in [0.2, 0.25) is 11.8 Å². The SMILES string of the molecule is CC(O)C(N)C(=O)NC(CC(N)=O)C(=O)O. The number of nitrogens with two attached hydrogens (primary N) is 2. The average Bonchev–Trinajstić information content (AvgIpc) is 2.14. The minimum atomic E-state index is -1.44. The van der Waals surface area contributed by atoms with E-state index in [-0.39, 0.29) is 0 Å². The lowest BCUT2D eigenvalue weighted by Gasteiger charge is -2.18. The molecule has 0 aromatic heterocycles. The number of rotatable bonds is 6. The molecule has 0 spiro atoms. The van der Waals surface area contributed by atoms with Crippen LogP contribution in [0, 0.1) is 0 Å². The van der Waals surface area contributed by atoms with Crippen molar-refractivity contribution in [3.8, 4) is 0 Å². The van der Waals surface area contributed by atoms with Crippen LogP contribution < -0.4 is 16.8 Å². The molecule has 0 saturated carbocycles. The summed E-state index contributed by atoms with van der Waals surface area (Å²) in [6, 6.07) is -2.69. The van der Waals surface area contributed by atoms with Crippen molar-refractivity contribution >= 4 is 17.8 Å². The molecule has 16 heavy (non-hydrogen) atoms. The fourth-order valence-corrected chi connectivity index (χ4v) is 0.888. The van der Waals surface area contributed by atoms with Crippen molar-refractivity contribution in [3.05, 3.63) is 0 Å². The molecular formula is C8H15N3O5. The van der Waals surface area contributed by atoms with Crippen LogP contribution in [0.25, 0.3) is 0 Å². The number of primary amides is 1. The number of amides is 2. The van der Waals surface area contributed by atoms with Crippen LogP contribution in [0.5, 0.6) is 0 Å². The Hall–Kier alpha value is -1.67. The Balaban J connectivity index is 4.46. The lowest BCUT2D eigenvalue weighted by Crippen LogP contribution is -2.53. The van der Waals surface area contributed by atoms with E-state index in [1.54, 1.807) is 0 Å². The molecule has 2 amide bonds. The van der Waals surface area contributed by atoms with Crippen molar-refractivity contribution in [2.24, 2.45) is 11.5 Å². The van der Waals surface area contributed by atoms with Crippen LogP contribution >= 0.6 is 0 Å². The molecule has 3 atom stereocenters. The van der Waals surface area contributed by atoms with Gasteiger partial charge < -0.3 is 27.0 Å². The predicted octanol–water partition coefficient (Wildman–Crippen LogP) is -2.86. The normalized spacial score (nSPS) is 15.9. The lowest BCUT2D eigenvalue weighted by atomic mass is 10.1. The van der Waals surface area contributed by atoms with Crippen molar-refractivity contribution in [1.82, 2.24) is 5.32 Å². The fourth-order valence-electron chi connectivity index (χ4n) is 0.888. The van der Waals surface area contributed by atoms with Gasteiger partial charge in [-0.3, -0.25) is 9.59 Å². The standard InChI is InChI=1S/C8H15N3O5/c1-3(12)6(10)7(14)11-4(8(15)16)2-5(9)13/h3-4,6,12H,2,10H2,1H3,(H2,9,13)(H,11,14)(H,15,16). The second kappa shape index (κ2) is 6.03. The number of aliphatic carboxylic acids is 1. The first-order valence-corrected chi connectivity index (χ1v) is 4.50. The fraction of sp³-hybridized carbons (Fsp3) is 0.625. The Morgan fingerprint density at radius 3 is 2.19 bits per heavy atom. The molecule has 0 bridgehead atoms. The van der Waals surface area contributed by atoms with Gasteiger partial charge in [0.1, 0.15) is 12.1 Å². The van der Waals surface area contributed by atoms with Gasteiger partial charge in [-0.15, -0.1) is 0 Å². The van der Waals surface area contributed by atoms with Gasteiger partial charge in [-0.1, -0.05) is 0 Å². The van der Waals surface area contributed by atoms with E-state index in [2.05, 4.69) is 0 Å². The molecule has 8 heteroatoms. The number of aliphatic hydroxyl groups excluding tert-OH is 1. The van der Waals surface area contributed by atoms with Gasteiger partial charge in [-0.05, 0) is 6.92 Å². The van der Waals surface area contributed by atoms with Crippen molar-refractivity contribution in [3.63, 3.8) is 0 Å². The summed E-state index contributed by atoms with van der Waals surface area (Å²) in [6.07, 6.45) is -1.66. The first-order chi connectivity index (χ1) is 7.25. The van der Waals surface area contributed by atoms with Crippen molar-refractivity contribution in [1.29, 1.82) is 0 Å². The van der Waals surface area contributed by atoms with Crippen molar-refractivity contribution in [2.45, 2.75) is 31.5 Å². The van der Waals surface area contributed by atoms with E-state index >= 15 is 0 Å². The van der Waals surface area contributed by atoms with Crippen LogP contribution in [-0.4, -0.2) is 46.2 Å². The van der Waals surface area contributed by atoms with E-state index in [4.69, 9.17) is 21.7 Å². The van der Waals surface area contributed by atoms with Crippen molar-refractivity contribution in [2.75, 3.05) is 0 Å². The minimum Gasteiger partial charge on any atom is -0.480 e. The Kier molecular flexibility index (Phi) is 5.40. The maximum absolute atomic E-state index is 11.3. The first-order valence-electron chi connectivity index (χ1n) is 4.50. The summed E-state index contributed by atoms with van der Waals surface area (Å²) in [7, 11) is 0. The Bertz CT molecular complexity index is 291. The van der Waals surface area contributed by atoms with E-state index in [9.17, 15) is 14.4 Å². The highest BCUT2D eigenvalue weighted by Crippen LogP contribution is 1.95. The zero-order valence-corrected chi connectivity index (χ0v) is 8.71. The molecule has 7 N–H and O–H groups in total. The summed E-state index contributed by atoms with van der Waals surface area (Å²) < 4.78 is 0. The molecule has 8 nitrogen and oxygen atoms in total. The third kappa shape index (κ3) is 4.71. The Morgan fingerprint density at radius 2 is 1.88 bits per heavy atom. The molecule has 92 valence electrons. The molecular weight excluding hydrogens is 218 g/mol. The maximum atomic E-state index is 11.3. The minimum absolute atomic E-state index is 0.534. The molecule has 0 aliphatic carbocycles. The summed E-state index contributed by atoms with van der Waals surface area (Å²) in [5.74, 6) is -3.12. The number of carboxylic acid groups (broad SMARTS) is 1. The van der Waals surface area contributed by atoms with Crippen LogP contribution in [0.4, 0.5) is 0 Å². The van der Waals surface area contributed by atoms with E-state index in [0.717, 1.165) is 0 Å². The number of nitrogens with one attached hydrogen (secondary N) is 1. The molecule has 0 aromatic carbocycles. The molecule has 0 aliphatic heterocycles. The van der Waals surface area contributed by atoms with Gasteiger partial charge in [-0.2, -0.15) is 0 Å². The van der Waals surface area contributed by atoms with E-state index in [0.29, 0.717) is 0 Å². The van der Waals surface area contributed by atoms with E-state index in [1.165, 1.54) is 6.92 Å². The van der Waals surface area contributed by atoms with Gasteiger partial charge in [0.15, 0.2) is 0 Å². The van der Waals surface area contributed by atoms with Gasteiger partial charge in [0.25, 0.3) is 0 Å². The zero-order chi connectivity index (χ0) is 12.9. The summed E-state index contributed by atoms with van der Waals surface area (Å²) in [5, 5.41) is 19.7. The monoisotopic (exact) mass is 233 g/mol. The Labute approximate surface area is 91.6 Å². The average molecular weight is 233 g/mol. The molecule has 0 radical (unpaired) electrons. The summed E-state index contributed by atoms with van der Waals surface area (Å²) >= 11 is 0. The van der Waals surface area contributed by atoms with Gasteiger partial charge in [0, 0.05) is 0 Å². The summed E-state index contributed by atoms with van der Waals surface area (Å²) in [6.45, 7) is 1.29. The van der Waals surface area contributed by atoms with Crippen LogP contribution in [0.1, 0.15) is 13.3 Å². The molecule has 0 rings (SSSR count). The number of aliphatic hydroxyl groups is 1. The summed E-state index contributed by atoms with van der Waals surface area (Å²) in [4.78, 5) is 32.4. The summed E-state index contributed by atoms with van der Waals surface area (Å²) in [5.41, 5.74) is 10.1. The zero-order valence-electron chi connectivity index (χ0n) is 8.71. The highest BCUT2D eigenvalue weighted by atomic mass is 16.4. The Morgan fingerprint density at radius 1 is 1.38 bits per heavy atom. The number of hydrogen-bond acceptors (Lipinski definition) is 5.